The summed E-state index contributed by atoms with van der Waals surface area (Å²) in [5.41, 5.74) is -0.277. The molecule has 0 fully saturated rings. The van der Waals surface area contributed by atoms with Crippen LogP contribution in [0.25, 0.3) is 10.9 Å². The molecule has 0 bridgehead atoms. The summed E-state index contributed by atoms with van der Waals surface area (Å²) in [7, 11) is 0. The highest BCUT2D eigenvalue weighted by Gasteiger charge is 2.26. The maximum absolute atomic E-state index is 10.5. The average Bonchev–Trinajstić information content (AvgIpc) is 3.00. The Hall–Kier alpha value is -1.92. The van der Waals surface area contributed by atoms with Crippen molar-refractivity contribution in [3.8, 4) is 0 Å². The zero-order valence-electron chi connectivity index (χ0n) is 11.4. The molecular weight excluding hydrogens is 334 g/mol. The molecule has 0 saturated carbocycles. The second-order valence-electron chi connectivity index (χ2n) is 4.99. The van der Waals surface area contributed by atoms with E-state index in [0.717, 1.165) is 15.4 Å². The van der Waals surface area contributed by atoms with Crippen molar-refractivity contribution >= 4 is 32.7 Å². The van der Waals surface area contributed by atoms with E-state index in [1.54, 1.807) is 25.3 Å². The lowest BCUT2D eigenvalue weighted by atomic mass is 10.0. The molecule has 6 heteroatoms. The van der Waals surface area contributed by atoms with Crippen LogP contribution in [0.2, 0.25) is 0 Å². The third-order valence-corrected chi connectivity index (χ3v) is 3.74. The summed E-state index contributed by atoms with van der Waals surface area (Å²) in [6, 6.07) is 9.28. The van der Waals surface area contributed by atoms with Gasteiger partial charge in [0, 0.05) is 9.86 Å². The van der Waals surface area contributed by atoms with Crippen molar-refractivity contribution in [3.63, 3.8) is 0 Å². The molecule has 5 nitrogen and oxygen atoms in total. The number of halogens is 1. The maximum atomic E-state index is 10.5. The number of aliphatic hydroxyl groups is 1. The maximum Gasteiger partial charge on any atom is 0.137 e. The second-order valence-corrected chi connectivity index (χ2v) is 5.90. The molecule has 2 heterocycles. The Labute approximate surface area is 130 Å². The number of nitrogens with zero attached hydrogens (tertiary/aromatic N) is 2. The van der Waals surface area contributed by atoms with Crippen LogP contribution in [0.4, 0.5) is 5.82 Å². The lowest BCUT2D eigenvalue weighted by Gasteiger charge is -2.21. The van der Waals surface area contributed by atoms with E-state index in [9.17, 15) is 5.11 Å². The fourth-order valence-electron chi connectivity index (χ4n) is 2.10. The number of anilines is 1. The standard InChI is InChI=1S/C15H14BrN3O2/c1-15(20,13-3-2-6-21-13)8-17-14-11-7-10(16)4-5-12(11)18-9-19-14/h2-7,9,20H,8H2,1H3,(H,17,18,19). The smallest absolute Gasteiger partial charge is 0.137 e. The number of benzene rings is 1. The first-order valence-corrected chi connectivity index (χ1v) is 7.26. The highest BCUT2D eigenvalue weighted by atomic mass is 79.9. The van der Waals surface area contributed by atoms with Crippen LogP contribution in [0.15, 0.2) is 51.8 Å². The van der Waals surface area contributed by atoms with Gasteiger partial charge in [-0.2, -0.15) is 0 Å². The number of hydrogen-bond donors (Lipinski definition) is 2. The second kappa shape index (κ2) is 5.46. The first-order chi connectivity index (χ1) is 10.1. The van der Waals surface area contributed by atoms with Gasteiger partial charge in [-0.3, -0.25) is 0 Å². The monoisotopic (exact) mass is 347 g/mol. The molecule has 2 aromatic heterocycles. The normalized spacial score (nSPS) is 14.0. The van der Waals surface area contributed by atoms with Crippen LogP contribution in [0.5, 0.6) is 0 Å². The van der Waals surface area contributed by atoms with Gasteiger partial charge in [0.15, 0.2) is 0 Å². The number of rotatable bonds is 4. The summed E-state index contributed by atoms with van der Waals surface area (Å²) >= 11 is 3.44. The molecule has 108 valence electrons. The van der Waals surface area contributed by atoms with Crippen LogP contribution < -0.4 is 5.32 Å². The van der Waals surface area contributed by atoms with E-state index in [4.69, 9.17) is 4.42 Å². The number of nitrogens with one attached hydrogen (secondary N) is 1. The zero-order chi connectivity index (χ0) is 14.9. The van der Waals surface area contributed by atoms with Crippen LogP contribution in [-0.4, -0.2) is 21.6 Å². The molecule has 1 atom stereocenters. The highest BCUT2D eigenvalue weighted by Crippen LogP contribution is 2.26. The molecule has 2 N–H and O–H groups in total. The minimum absolute atomic E-state index is 0.277. The Morgan fingerprint density at radius 3 is 2.95 bits per heavy atom. The van der Waals surface area contributed by atoms with Crippen LogP contribution in [0, 0.1) is 0 Å². The average molecular weight is 348 g/mol. The molecule has 0 aliphatic heterocycles. The minimum atomic E-state index is -1.12. The lowest BCUT2D eigenvalue weighted by molar-refractivity contribution is 0.0476. The predicted molar refractivity (Wildman–Crippen MR) is 84.0 cm³/mol. The molecule has 0 spiro atoms. The Morgan fingerprint density at radius 1 is 1.33 bits per heavy atom. The number of fused-ring (bicyclic) bond motifs is 1. The van der Waals surface area contributed by atoms with Crippen LogP contribution >= 0.6 is 15.9 Å². The van der Waals surface area contributed by atoms with Crippen molar-refractivity contribution in [1.82, 2.24) is 9.97 Å². The molecule has 1 unspecified atom stereocenters. The third kappa shape index (κ3) is 2.91. The molecule has 0 aliphatic rings. The molecule has 3 aromatic rings. The van der Waals surface area contributed by atoms with Crippen molar-refractivity contribution in [2.45, 2.75) is 12.5 Å². The molecule has 1 aromatic carbocycles. The van der Waals surface area contributed by atoms with Gasteiger partial charge in [0.05, 0.1) is 18.3 Å². The molecule has 0 radical (unpaired) electrons. The van der Waals surface area contributed by atoms with Gasteiger partial charge >= 0.3 is 0 Å². The number of furan rings is 1. The minimum Gasteiger partial charge on any atom is -0.466 e. The number of hydrogen-bond acceptors (Lipinski definition) is 5. The van der Waals surface area contributed by atoms with Gasteiger partial charge in [0.2, 0.25) is 0 Å². The molecule has 21 heavy (non-hydrogen) atoms. The Balaban J connectivity index is 1.87. The van der Waals surface area contributed by atoms with Crippen molar-refractivity contribution in [1.29, 1.82) is 0 Å². The first-order valence-electron chi connectivity index (χ1n) is 6.47. The fraction of sp³-hybridized carbons (Fsp3) is 0.200. The summed E-state index contributed by atoms with van der Waals surface area (Å²) in [5.74, 6) is 1.18. The molecule has 0 aliphatic carbocycles. The van der Waals surface area contributed by atoms with Crippen LogP contribution in [0.3, 0.4) is 0 Å². The van der Waals surface area contributed by atoms with Gasteiger partial charge in [-0.25, -0.2) is 9.97 Å². The van der Waals surface area contributed by atoms with Gasteiger partial charge < -0.3 is 14.8 Å². The largest absolute Gasteiger partial charge is 0.466 e. The number of aromatic nitrogens is 2. The molecular formula is C15H14BrN3O2. The summed E-state index contributed by atoms with van der Waals surface area (Å²) in [5, 5.41) is 14.5. The van der Waals surface area contributed by atoms with E-state index in [1.807, 2.05) is 18.2 Å². The Bertz CT molecular complexity index is 757. The van der Waals surface area contributed by atoms with Crippen molar-refractivity contribution in [2.75, 3.05) is 11.9 Å². The van der Waals surface area contributed by atoms with Crippen LogP contribution in [0.1, 0.15) is 12.7 Å². The van der Waals surface area contributed by atoms with E-state index < -0.39 is 5.60 Å². The van der Waals surface area contributed by atoms with Gasteiger partial charge in [-0.1, -0.05) is 15.9 Å². The summed E-state index contributed by atoms with van der Waals surface area (Å²) in [6.07, 6.45) is 3.04. The van der Waals surface area contributed by atoms with E-state index in [2.05, 4.69) is 31.2 Å². The highest BCUT2D eigenvalue weighted by molar-refractivity contribution is 9.10. The quantitative estimate of drug-likeness (QED) is 0.757. The van der Waals surface area contributed by atoms with Crippen molar-refractivity contribution < 1.29 is 9.52 Å². The Kier molecular flexibility index (Phi) is 3.65. The van der Waals surface area contributed by atoms with E-state index in [-0.39, 0.29) is 6.54 Å². The Morgan fingerprint density at radius 2 is 2.19 bits per heavy atom. The summed E-state index contributed by atoms with van der Waals surface area (Å²) in [4.78, 5) is 8.47. The van der Waals surface area contributed by atoms with E-state index in [1.165, 1.54) is 6.33 Å². The molecule has 0 saturated heterocycles. The van der Waals surface area contributed by atoms with Crippen molar-refractivity contribution in [2.24, 2.45) is 0 Å². The van der Waals surface area contributed by atoms with Gasteiger partial charge in [0.1, 0.15) is 23.5 Å². The van der Waals surface area contributed by atoms with Gasteiger partial charge in [0.25, 0.3) is 0 Å². The summed E-state index contributed by atoms with van der Waals surface area (Å²) < 4.78 is 6.21. The predicted octanol–water partition coefficient (Wildman–Crippen LogP) is 3.30. The molecule has 3 rings (SSSR count). The zero-order valence-corrected chi connectivity index (χ0v) is 13.0. The lowest BCUT2D eigenvalue weighted by Crippen LogP contribution is -2.30. The first kappa shape index (κ1) is 14.0. The van der Waals surface area contributed by atoms with Gasteiger partial charge in [-0.15, -0.1) is 0 Å². The van der Waals surface area contributed by atoms with Gasteiger partial charge in [-0.05, 0) is 37.3 Å². The van der Waals surface area contributed by atoms with Crippen molar-refractivity contribution in [3.05, 3.63) is 53.2 Å². The van der Waals surface area contributed by atoms with E-state index in [0.29, 0.717) is 11.6 Å². The third-order valence-electron chi connectivity index (χ3n) is 3.25. The summed E-state index contributed by atoms with van der Waals surface area (Å²) in [6.45, 7) is 1.97. The van der Waals surface area contributed by atoms with E-state index >= 15 is 0 Å². The SMILES string of the molecule is CC(O)(CNc1ncnc2ccc(Br)cc12)c1ccco1. The fourth-order valence-corrected chi connectivity index (χ4v) is 2.46. The molecule has 0 amide bonds. The topological polar surface area (TPSA) is 71.2 Å². The van der Waals surface area contributed by atoms with Crippen LogP contribution in [-0.2, 0) is 5.60 Å².